The van der Waals surface area contributed by atoms with Crippen molar-refractivity contribution in [3.8, 4) is 5.75 Å². The highest BCUT2D eigenvalue weighted by Gasteiger charge is 2.36. The Balaban J connectivity index is 2.25. The normalized spacial score (nSPS) is 16.0. The van der Waals surface area contributed by atoms with Crippen LogP contribution in [0.2, 0.25) is 0 Å². The quantitative estimate of drug-likeness (QED) is 0.430. The predicted octanol–water partition coefficient (Wildman–Crippen LogP) is 2.59. The number of hydrogen-bond donors (Lipinski definition) is 3. The van der Waals surface area contributed by atoms with Gasteiger partial charge in [-0.1, -0.05) is 30.8 Å². The van der Waals surface area contributed by atoms with Gasteiger partial charge < -0.3 is 20.1 Å². The summed E-state index contributed by atoms with van der Waals surface area (Å²) in [7, 11) is 1.30. The molecule has 0 unspecified atom stereocenters. The third kappa shape index (κ3) is 3.20. The van der Waals surface area contributed by atoms with Crippen LogP contribution in [0, 0.1) is 0 Å². The maximum absolute atomic E-state index is 12.8. The van der Waals surface area contributed by atoms with Gasteiger partial charge in [-0.3, -0.25) is 4.79 Å². The molecule has 0 saturated heterocycles. The first-order chi connectivity index (χ1) is 12.5. The Bertz CT molecular complexity index is 934. The van der Waals surface area contributed by atoms with Crippen LogP contribution in [-0.4, -0.2) is 33.9 Å². The fraction of sp³-hybridized carbons (Fsp3) is 0.278. The molecule has 2 heterocycles. The van der Waals surface area contributed by atoms with E-state index in [4.69, 9.17) is 4.74 Å². The number of esters is 1. The van der Waals surface area contributed by atoms with Gasteiger partial charge >= 0.3 is 5.97 Å². The summed E-state index contributed by atoms with van der Waals surface area (Å²) in [6.45, 7) is 3.72. The Morgan fingerprint density at radius 1 is 1.35 bits per heavy atom. The van der Waals surface area contributed by atoms with Gasteiger partial charge in [0.25, 0.3) is 5.56 Å². The average molecular weight is 373 g/mol. The molecule has 3 N–H and O–H groups in total. The third-order valence-electron chi connectivity index (χ3n) is 4.13. The van der Waals surface area contributed by atoms with Gasteiger partial charge in [-0.15, -0.1) is 0 Å². The van der Waals surface area contributed by atoms with Crippen LogP contribution < -0.4 is 10.9 Å². The van der Waals surface area contributed by atoms with Crippen LogP contribution in [-0.2, 0) is 9.53 Å². The Hall–Kier alpha value is -2.74. The predicted molar refractivity (Wildman–Crippen MR) is 99.5 cm³/mol. The first-order valence-corrected chi connectivity index (χ1v) is 9.06. The molecular weight excluding hydrogens is 354 g/mol. The van der Waals surface area contributed by atoms with Crippen molar-refractivity contribution in [2.45, 2.75) is 24.9 Å². The zero-order chi connectivity index (χ0) is 18.8. The number of nitrogens with one attached hydrogen (secondary N) is 2. The van der Waals surface area contributed by atoms with E-state index in [0.717, 1.165) is 5.75 Å². The van der Waals surface area contributed by atoms with Gasteiger partial charge in [-0.25, -0.2) is 9.78 Å². The van der Waals surface area contributed by atoms with Gasteiger partial charge in [0.1, 0.15) is 11.6 Å². The molecular formula is C18H19N3O4S. The number of allylic oxidation sites excluding steroid dienone is 1. The number of aromatic nitrogens is 2. The number of anilines is 1. The number of benzene rings is 1. The number of hydrogen-bond acceptors (Lipinski definition) is 7. The number of carbonyl (C=O) groups is 1. The van der Waals surface area contributed by atoms with Crippen LogP contribution in [0.1, 0.15) is 30.9 Å². The standard InChI is InChI=1S/C18H19N3O4S/c1-4-26-18-20-15-14(16(23)21-18)13(10-5-7-11(22)8-6-10)12(9(2)19-15)17(24)25-3/h5-8,13,22H,4H2,1-3H3,(H2,19,20,21,23)/t13-/m0/s1. The number of phenolic OH excluding ortho intramolecular Hbond substituents is 1. The number of phenols is 1. The molecule has 7 nitrogen and oxygen atoms in total. The molecule has 0 aliphatic carbocycles. The van der Waals surface area contributed by atoms with Crippen molar-refractivity contribution in [3.05, 3.63) is 57.0 Å². The molecule has 136 valence electrons. The van der Waals surface area contributed by atoms with E-state index in [1.54, 1.807) is 19.1 Å². The highest BCUT2D eigenvalue weighted by atomic mass is 32.2. The van der Waals surface area contributed by atoms with Crippen LogP contribution in [0.25, 0.3) is 0 Å². The topological polar surface area (TPSA) is 104 Å². The van der Waals surface area contributed by atoms with Crippen LogP contribution >= 0.6 is 11.8 Å². The van der Waals surface area contributed by atoms with E-state index >= 15 is 0 Å². The maximum atomic E-state index is 12.8. The second kappa shape index (κ2) is 7.25. The minimum Gasteiger partial charge on any atom is -0.508 e. The zero-order valence-electron chi connectivity index (χ0n) is 14.6. The van der Waals surface area contributed by atoms with Crippen molar-refractivity contribution < 1.29 is 14.6 Å². The van der Waals surface area contributed by atoms with E-state index < -0.39 is 11.9 Å². The monoisotopic (exact) mass is 373 g/mol. The summed E-state index contributed by atoms with van der Waals surface area (Å²) in [5.74, 6) is 0.130. The second-order valence-electron chi connectivity index (χ2n) is 5.75. The summed E-state index contributed by atoms with van der Waals surface area (Å²) >= 11 is 1.43. The fourth-order valence-corrected chi connectivity index (χ4v) is 3.61. The minimum atomic E-state index is -0.642. The molecule has 0 radical (unpaired) electrons. The molecule has 0 fully saturated rings. The summed E-state index contributed by atoms with van der Waals surface area (Å²) in [6, 6.07) is 6.40. The lowest BCUT2D eigenvalue weighted by Crippen LogP contribution is -2.30. The van der Waals surface area contributed by atoms with Gasteiger partial charge in [0.2, 0.25) is 0 Å². The highest BCUT2D eigenvalue weighted by molar-refractivity contribution is 7.99. The lowest BCUT2D eigenvalue weighted by Gasteiger charge is -2.28. The summed E-state index contributed by atoms with van der Waals surface area (Å²) < 4.78 is 4.93. The summed E-state index contributed by atoms with van der Waals surface area (Å²) in [5.41, 5.74) is 1.64. The molecule has 26 heavy (non-hydrogen) atoms. The van der Waals surface area contributed by atoms with Crippen LogP contribution in [0.15, 0.2) is 45.5 Å². The molecule has 2 aromatic rings. The maximum Gasteiger partial charge on any atom is 0.336 e. The van der Waals surface area contributed by atoms with Crippen LogP contribution in [0.4, 0.5) is 5.82 Å². The number of fused-ring (bicyclic) bond motifs is 1. The SMILES string of the molecule is CCSc1nc2c(c(=O)[nH]1)[C@@H](c1ccc(O)cc1)C(C(=O)OC)=C(C)N2. The third-order valence-corrected chi connectivity index (χ3v) is 4.89. The summed E-state index contributed by atoms with van der Waals surface area (Å²) in [6.07, 6.45) is 0. The number of carbonyl (C=O) groups excluding carboxylic acids is 1. The molecule has 1 aliphatic heterocycles. The number of aromatic hydroxyl groups is 1. The van der Waals surface area contributed by atoms with E-state index in [2.05, 4.69) is 15.3 Å². The number of ether oxygens (including phenoxy) is 1. The molecule has 0 saturated carbocycles. The number of thioether (sulfide) groups is 1. The van der Waals surface area contributed by atoms with Gasteiger partial charge in [0, 0.05) is 5.70 Å². The molecule has 0 amide bonds. The van der Waals surface area contributed by atoms with E-state index in [9.17, 15) is 14.7 Å². The Kier molecular flexibility index (Phi) is 5.03. The zero-order valence-corrected chi connectivity index (χ0v) is 15.4. The van der Waals surface area contributed by atoms with Crippen LogP contribution in [0.5, 0.6) is 5.75 Å². The van der Waals surface area contributed by atoms with Crippen molar-refractivity contribution >= 4 is 23.5 Å². The highest BCUT2D eigenvalue weighted by Crippen LogP contribution is 2.40. The first kappa shape index (κ1) is 18.1. The Morgan fingerprint density at radius 2 is 2.04 bits per heavy atom. The van der Waals surface area contributed by atoms with Gasteiger partial charge in [-0.05, 0) is 30.4 Å². The van der Waals surface area contributed by atoms with E-state index in [1.165, 1.54) is 31.0 Å². The van der Waals surface area contributed by atoms with Crippen molar-refractivity contribution in [2.75, 3.05) is 18.2 Å². The Labute approximate surface area is 154 Å². The second-order valence-corrected chi connectivity index (χ2v) is 7.00. The van der Waals surface area contributed by atoms with Crippen molar-refractivity contribution in [2.24, 2.45) is 0 Å². The van der Waals surface area contributed by atoms with E-state index in [0.29, 0.717) is 33.4 Å². The van der Waals surface area contributed by atoms with E-state index in [1.807, 2.05) is 6.92 Å². The molecule has 1 aromatic carbocycles. The molecule has 1 atom stereocenters. The van der Waals surface area contributed by atoms with E-state index in [-0.39, 0.29) is 11.3 Å². The molecule has 0 spiro atoms. The average Bonchev–Trinajstić information content (AvgIpc) is 2.61. The fourth-order valence-electron chi connectivity index (χ4n) is 3.02. The van der Waals surface area contributed by atoms with Crippen molar-refractivity contribution in [1.82, 2.24) is 9.97 Å². The largest absolute Gasteiger partial charge is 0.508 e. The van der Waals surface area contributed by atoms with Gasteiger partial charge in [-0.2, -0.15) is 0 Å². The smallest absolute Gasteiger partial charge is 0.336 e. The Morgan fingerprint density at radius 3 is 2.65 bits per heavy atom. The number of methoxy groups -OCH3 is 1. The molecule has 0 bridgehead atoms. The molecule has 1 aliphatic rings. The molecule has 1 aromatic heterocycles. The van der Waals surface area contributed by atoms with Gasteiger partial charge in [0.05, 0.1) is 24.2 Å². The molecule has 3 rings (SSSR count). The first-order valence-electron chi connectivity index (χ1n) is 8.08. The lowest BCUT2D eigenvalue weighted by molar-refractivity contribution is -0.136. The van der Waals surface area contributed by atoms with Crippen molar-refractivity contribution in [1.29, 1.82) is 0 Å². The minimum absolute atomic E-state index is 0.102. The van der Waals surface area contributed by atoms with Crippen molar-refractivity contribution in [3.63, 3.8) is 0 Å². The number of H-pyrrole nitrogens is 1. The number of aromatic amines is 1. The van der Waals surface area contributed by atoms with Crippen LogP contribution in [0.3, 0.4) is 0 Å². The number of nitrogens with zero attached hydrogens (tertiary/aromatic N) is 1. The lowest BCUT2D eigenvalue weighted by atomic mass is 9.82. The molecule has 8 heteroatoms. The number of rotatable bonds is 4. The summed E-state index contributed by atoms with van der Waals surface area (Å²) in [4.78, 5) is 32.5. The van der Waals surface area contributed by atoms with Gasteiger partial charge in [0.15, 0.2) is 5.16 Å². The summed E-state index contributed by atoms with van der Waals surface area (Å²) in [5, 5.41) is 13.2.